The van der Waals surface area contributed by atoms with Crippen molar-refractivity contribution in [1.82, 2.24) is 15.1 Å². The number of aromatic carboxylic acids is 1. The third kappa shape index (κ3) is 5.96. The number of fused-ring (bicyclic) bond motifs is 1. The molecule has 1 aromatic heterocycles. The van der Waals surface area contributed by atoms with Crippen LogP contribution in [0.15, 0.2) is 36.5 Å². The van der Waals surface area contributed by atoms with Gasteiger partial charge >= 0.3 is 5.97 Å². The number of carbonyl (C=O) groups is 2. The van der Waals surface area contributed by atoms with E-state index in [1.807, 2.05) is 0 Å². The number of ether oxygens (including phenoxy) is 2. The Morgan fingerprint density at radius 1 is 1.18 bits per heavy atom. The second kappa shape index (κ2) is 10.1. The molecule has 176 valence electrons. The molecule has 0 saturated carbocycles. The van der Waals surface area contributed by atoms with E-state index < -0.39 is 25.8 Å². The molecular weight excluding hydrogens is 445 g/mol. The monoisotopic (exact) mass is 473 g/mol. The minimum Gasteiger partial charge on any atom is -0.496 e. The third-order valence-corrected chi connectivity index (χ3v) is 6.88. The lowest BCUT2D eigenvalue weighted by Gasteiger charge is -2.15. The number of carboxylic acid groups (broad SMARTS) is 1. The standard InChI is InChI=1S/C23H28FN3O5Si/c1-31-20-8-6-16(24)11-18(20)22(28)25-12-15-5-7-17(23(29)30)21-19(15)13-26-27(21)14-32-9-10-33(2,3)4/h5-8,11,13H,9-10,12,14H2,1-4H3,(H,25,28)(H,29,30). The van der Waals surface area contributed by atoms with Gasteiger partial charge in [0.15, 0.2) is 0 Å². The number of rotatable bonds is 10. The molecule has 0 atom stereocenters. The molecule has 3 rings (SSSR count). The summed E-state index contributed by atoms with van der Waals surface area (Å²) in [6, 6.07) is 7.80. The summed E-state index contributed by atoms with van der Waals surface area (Å²) in [5.74, 6) is -1.89. The van der Waals surface area contributed by atoms with Crippen LogP contribution in [0, 0.1) is 5.82 Å². The lowest BCUT2D eigenvalue weighted by molar-refractivity contribution is 0.0693. The molecule has 8 nitrogen and oxygen atoms in total. The molecule has 0 saturated heterocycles. The number of aromatic nitrogens is 2. The van der Waals surface area contributed by atoms with E-state index in [-0.39, 0.29) is 30.2 Å². The zero-order valence-corrected chi connectivity index (χ0v) is 20.1. The van der Waals surface area contributed by atoms with Gasteiger partial charge in [-0.25, -0.2) is 13.9 Å². The maximum atomic E-state index is 13.6. The maximum Gasteiger partial charge on any atom is 0.337 e. The Morgan fingerprint density at radius 2 is 1.94 bits per heavy atom. The van der Waals surface area contributed by atoms with Gasteiger partial charge in [0.2, 0.25) is 0 Å². The Bertz CT molecular complexity index is 1170. The molecule has 10 heteroatoms. The van der Waals surface area contributed by atoms with Crippen molar-refractivity contribution >= 4 is 30.9 Å². The van der Waals surface area contributed by atoms with E-state index >= 15 is 0 Å². The second-order valence-corrected chi connectivity index (χ2v) is 14.5. The maximum absolute atomic E-state index is 13.6. The minimum absolute atomic E-state index is 0.0717. The van der Waals surface area contributed by atoms with Gasteiger partial charge in [-0.1, -0.05) is 25.7 Å². The van der Waals surface area contributed by atoms with Gasteiger partial charge in [-0.05, 0) is 35.9 Å². The van der Waals surface area contributed by atoms with Crippen LogP contribution in [0.25, 0.3) is 10.9 Å². The van der Waals surface area contributed by atoms with Gasteiger partial charge in [-0.3, -0.25) is 4.79 Å². The topological polar surface area (TPSA) is 103 Å². The fraction of sp³-hybridized carbons (Fsp3) is 0.348. The van der Waals surface area contributed by atoms with Crippen molar-refractivity contribution in [3.05, 3.63) is 59.0 Å². The van der Waals surface area contributed by atoms with E-state index in [0.717, 1.165) is 12.1 Å². The highest BCUT2D eigenvalue weighted by atomic mass is 28.3. The fourth-order valence-corrected chi connectivity index (χ4v) is 4.10. The smallest absolute Gasteiger partial charge is 0.337 e. The van der Waals surface area contributed by atoms with Crippen molar-refractivity contribution in [2.24, 2.45) is 0 Å². The molecule has 0 aliphatic rings. The first kappa shape index (κ1) is 24.4. The highest BCUT2D eigenvalue weighted by Gasteiger charge is 2.19. The van der Waals surface area contributed by atoms with Gasteiger partial charge in [0.05, 0.1) is 30.0 Å². The number of hydrogen-bond acceptors (Lipinski definition) is 5. The molecule has 1 heterocycles. The number of nitrogens with one attached hydrogen (secondary N) is 1. The van der Waals surface area contributed by atoms with Crippen molar-refractivity contribution < 1.29 is 28.6 Å². The van der Waals surface area contributed by atoms with Crippen LogP contribution in [-0.2, 0) is 18.0 Å². The molecule has 1 amide bonds. The summed E-state index contributed by atoms with van der Waals surface area (Å²) in [6.45, 7) is 7.55. The van der Waals surface area contributed by atoms with Crippen LogP contribution in [0.2, 0.25) is 25.7 Å². The Hall–Kier alpha value is -3.24. The van der Waals surface area contributed by atoms with Crippen LogP contribution < -0.4 is 10.1 Å². The Labute approximate surface area is 192 Å². The molecule has 0 radical (unpaired) electrons. The molecule has 0 aliphatic heterocycles. The number of nitrogens with zero attached hydrogens (tertiary/aromatic N) is 2. The van der Waals surface area contributed by atoms with Crippen LogP contribution in [0.4, 0.5) is 4.39 Å². The summed E-state index contributed by atoms with van der Waals surface area (Å²) in [4.78, 5) is 24.4. The predicted octanol–water partition coefficient (Wildman–Crippen LogP) is 4.12. The number of carbonyl (C=O) groups excluding carboxylic acids is 1. The molecule has 2 aromatic carbocycles. The van der Waals surface area contributed by atoms with E-state index in [2.05, 4.69) is 30.1 Å². The van der Waals surface area contributed by atoms with Crippen LogP contribution in [0.5, 0.6) is 5.75 Å². The number of hydrogen-bond donors (Lipinski definition) is 2. The molecule has 0 unspecified atom stereocenters. The molecular formula is C23H28FN3O5Si. The van der Waals surface area contributed by atoms with Crippen LogP contribution in [0.1, 0.15) is 26.3 Å². The highest BCUT2D eigenvalue weighted by molar-refractivity contribution is 6.76. The van der Waals surface area contributed by atoms with E-state index in [4.69, 9.17) is 9.47 Å². The first-order valence-electron chi connectivity index (χ1n) is 10.5. The SMILES string of the molecule is COc1ccc(F)cc1C(=O)NCc1ccc(C(=O)O)c2c1cnn2COCC[Si](C)(C)C. The van der Waals surface area contributed by atoms with Gasteiger partial charge < -0.3 is 19.9 Å². The van der Waals surface area contributed by atoms with Crippen molar-refractivity contribution in [3.63, 3.8) is 0 Å². The van der Waals surface area contributed by atoms with Gasteiger partial charge in [-0.15, -0.1) is 0 Å². The van der Waals surface area contributed by atoms with Crippen LogP contribution >= 0.6 is 0 Å². The largest absolute Gasteiger partial charge is 0.496 e. The molecule has 0 spiro atoms. The van der Waals surface area contributed by atoms with Gasteiger partial charge in [0, 0.05) is 26.6 Å². The van der Waals surface area contributed by atoms with E-state index in [0.29, 0.717) is 23.1 Å². The van der Waals surface area contributed by atoms with E-state index in [9.17, 15) is 19.1 Å². The third-order valence-electron chi connectivity index (χ3n) is 5.18. The average molecular weight is 474 g/mol. The lowest BCUT2D eigenvalue weighted by atomic mass is 10.1. The van der Waals surface area contributed by atoms with Gasteiger partial charge in [0.25, 0.3) is 5.91 Å². The number of methoxy groups -OCH3 is 1. The zero-order chi connectivity index (χ0) is 24.2. The lowest BCUT2D eigenvalue weighted by Crippen LogP contribution is -2.23. The van der Waals surface area contributed by atoms with Crippen molar-refractivity contribution in [3.8, 4) is 5.75 Å². The van der Waals surface area contributed by atoms with Crippen LogP contribution in [0.3, 0.4) is 0 Å². The van der Waals surface area contributed by atoms with Crippen molar-refractivity contribution in [2.75, 3.05) is 13.7 Å². The molecule has 0 bridgehead atoms. The summed E-state index contributed by atoms with van der Waals surface area (Å²) < 4.78 is 26.0. The van der Waals surface area contributed by atoms with Crippen LogP contribution in [-0.4, -0.2) is 48.6 Å². The average Bonchev–Trinajstić information content (AvgIpc) is 3.18. The van der Waals surface area contributed by atoms with E-state index in [1.165, 1.54) is 30.0 Å². The quantitative estimate of drug-likeness (QED) is 0.339. The normalized spacial score (nSPS) is 11.5. The number of carboxylic acids is 1. The summed E-state index contributed by atoms with van der Waals surface area (Å²) >= 11 is 0. The van der Waals surface area contributed by atoms with Crippen molar-refractivity contribution in [1.29, 1.82) is 0 Å². The molecule has 3 aromatic rings. The highest BCUT2D eigenvalue weighted by Crippen LogP contribution is 2.24. The minimum atomic E-state index is -1.25. The van der Waals surface area contributed by atoms with E-state index in [1.54, 1.807) is 12.3 Å². The molecule has 0 fully saturated rings. The fourth-order valence-electron chi connectivity index (χ4n) is 3.34. The summed E-state index contributed by atoms with van der Waals surface area (Å²) in [5.41, 5.74) is 1.26. The van der Waals surface area contributed by atoms with Crippen molar-refractivity contribution in [2.45, 2.75) is 39.0 Å². The van der Waals surface area contributed by atoms with Gasteiger partial charge in [0.1, 0.15) is 18.3 Å². The Kier molecular flexibility index (Phi) is 7.49. The first-order chi connectivity index (χ1) is 15.6. The molecule has 0 aliphatic carbocycles. The summed E-state index contributed by atoms with van der Waals surface area (Å²) in [6.07, 6.45) is 1.56. The number of halogens is 1. The Balaban J connectivity index is 1.82. The number of amides is 1. The summed E-state index contributed by atoms with van der Waals surface area (Å²) in [5, 5.41) is 17.3. The zero-order valence-electron chi connectivity index (χ0n) is 19.1. The molecule has 2 N–H and O–H groups in total. The van der Waals surface area contributed by atoms with Gasteiger partial charge in [-0.2, -0.15) is 5.10 Å². The predicted molar refractivity (Wildman–Crippen MR) is 125 cm³/mol. The first-order valence-corrected chi connectivity index (χ1v) is 14.2. The summed E-state index contributed by atoms with van der Waals surface area (Å²) in [7, 11) is 0.149. The molecule has 33 heavy (non-hydrogen) atoms. The Morgan fingerprint density at radius 3 is 2.61 bits per heavy atom. The number of benzene rings is 2. The second-order valence-electron chi connectivity index (χ2n) is 8.86.